The molecule has 0 bridgehead atoms. The number of methoxy groups -OCH3 is 1. The molecule has 2 aliphatic heterocycles. The first-order valence-electron chi connectivity index (χ1n) is 15.0. The minimum Gasteiger partial charge on any atom is -0.497 e. The smallest absolute Gasteiger partial charge is 0.273 e. The number of nitrogens with zero attached hydrogens (tertiary/aromatic N) is 6. The van der Waals surface area contributed by atoms with E-state index in [1.165, 1.54) is 0 Å². The summed E-state index contributed by atoms with van der Waals surface area (Å²) >= 11 is 0. The van der Waals surface area contributed by atoms with E-state index >= 15 is 0 Å². The van der Waals surface area contributed by atoms with E-state index in [0.29, 0.717) is 30.2 Å². The van der Waals surface area contributed by atoms with Crippen molar-refractivity contribution in [2.75, 3.05) is 62.5 Å². The Bertz CT molecular complexity index is 1470. The minimum absolute atomic E-state index is 0.0475. The Balaban J connectivity index is 1.24. The molecule has 1 atom stereocenters. The maximum absolute atomic E-state index is 12.9. The average molecular weight is 601 g/mol. The highest BCUT2D eigenvalue weighted by molar-refractivity contribution is 5.97. The molecule has 0 spiro atoms. The van der Waals surface area contributed by atoms with E-state index in [-0.39, 0.29) is 35.0 Å². The molecule has 0 aliphatic carbocycles. The largest absolute Gasteiger partial charge is 0.497 e. The SMILES string of the molecule is COc1ccc(C(=O)C[C@@H]2CCCN(c3nnc(C(N)=O)c(Nc4ccc(N5CCC(C(=O)N(C)C)CC5)cc4)n3)C2)cc1. The molecule has 2 fully saturated rings. The fraction of sp³-hybridized carbons (Fsp3) is 0.438. The van der Waals surface area contributed by atoms with Gasteiger partial charge >= 0.3 is 0 Å². The standard InChI is InChI=1S/C32H40N8O4/c1-38(2)31(43)23-14-17-39(18-15-23)25-10-8-24(9-11-25)34-30-28(29(33)42)36-37-32(35-30)40-16-4-5-21(20-40)19-27(41)22-6-12-26(44-3)13-7-22/h6-13,21,23H,4-5,14-20H2,1-3H3,(H2,33,42)(H,34,35,37)/t21-/m0/s1. The summed E-state index contributed by atoms with van der Waals surface area (Å²) < 4.78 is 5.19. The average Bonchev–Trinajstić information content (AvgIpc) is 3.05. The van der Waals surface area contributed by atoms with E-state index in [2.05, 4.69) is 25.4 Å². The van der Waals surface area contributed by atoms with E-state index in [9.17, 15) is 14.4 Å². The van der Waals surface area contributed by atoms with Crippen molar-refractivity contribution < 1.29 is 19.1 Å². The summed E-state index contributed by atoms with van der Waals surface area (Å²) in [7, 11) is 5.20. The topological polar surface area (TPSA) is 147 Å². The number of ether oxygens (including phenoxy) is 1. The van der Waals surface area contributed by atoms with E-state index in [1.807, 2.05) is 29.2 Å². The summed E-state index contributed by atoms with van der Waals surface area (Å²) in [6, 6.07) is 15.0. The lowest BCUT2D eigenvalue weighted by Crippen LogP contribution is -2.40. The molecule has 44 heavy (non-hydrogen) atoms. The molecule has 2 aromatic carbocycles. The van der Waals surface area contributed by atoms with Gasteiger partial charge in [-0.25, -0.2) is 0 Å². The maximum atomic E-state index is 12.9. The molecule has 3 heterocycles. The third-order valence-corrected chi connectivity index (χ3v) is 8.38. The highest BCUT2D eigenvalue weighted by Crippen LogP contribution is 2.29. The number of hydrogen-bond donors (Lipinski definition) is 2. The Kier molecular flexibility index (Phi) is 9.56. The van der Waals surface area contributed by atoms with E-state index in [4.69, 9.17) is 10.5 Å². The number of amides is 2. The van der Waals surface area contributed by atoms with Gasteiger partial charge in [0.15, 0.2) is 17.3 Å². The number of rotatable bonds is 10. The van der Waals surface area contributed by atoms with Crippen LogP contribution in [-0.4, -0.2) is 85.1 Å². The highest BCUT2D eigenvalue weighted by atomic mass is 16.5. The van der Waals surface area contributed by atoms with Gasteiger partial charge in [-0.05, 0) is 80.1 Å². The molecule has 0 radical (unpaired) electrons. The Morgan fingerprint density at radius 3 is 2.30 bits per heavy atom. The first-order valence-corrected chi connectivity index (χ1v) is 15.0. The fourth-order valence-corrected chi connectivity index (χ4v) is 5.92. The number of hydrogen-bond acceptors (Lipinski definition) is 10. The van der Waals surface area contributed by atoms with Gasteiger partial charge in [0.05, 0.1) is 7.11 Å². The molecule has 12 nitrogen and oxygen atoms in total. The van der Waals surface area contributed by atoms with Crippen LogP contribution in [-0.2, 0) is 4.79 Å². The number of carbonyl (C=O) groups excluding carboxylic acids is 3. The van der Waals surface area contributed by atoms with Crippen molar-refractivity contribution in [2.45, 2.75) is 32.1 Å². The van der Waals surface area contributed by atoms with Crippen molar-refractivity contribution in [1.82, 2.24) is 20.1 Å². The second-order valence-electron chi connectivity index (χ2n) is 11.6. The Hall–Kier alpha value is -4.74. The van der Waals surface area contributed by atoms with Crippen LogP contribution in [0.5, 0.6) is 5.75 Å². The lowest BCUT2D eigenvalue weighted by molar-refractivity contribution is -0.133. The predicted molar refractivity (Wildman–Crippen MR) is 169 cm³/mol. The van der Waals surface area contributed by atoms with Crippen LogP contribution in [0.15, 0.2) is 48.5 Å². The molecule has 12 heteroatoms. The molecule has 2 amide bonds. The number of piperidine rings is 2. The first kappa shape index (κ1) is 30.7. The molecule has 2 aliphatic rings. The lowest BCUT2D eigenvalue weighted by atomic mass is 9.91. The monoisotopic (exact) mass is 600 g/mol. The van der Waals surface area contributed by atoms with Crippen LogP contribution in [0.3, 0.4) is 0 Å². The number of ketones is 1. The lowest BCUT2D eigenvalue weighted by Gasteiger charge is -2.34. The maximum Gasteiger partial charge on any atom is 0.273 e. The van der Waals surface area contributed by atoms with Crippen molar-refractivity contribution in [3.8, 4) is 5.75 Å². The summed E-state index contributed by atoms with van der Waals surface area (Å²) in [4.78, 5) is 48.0. The van der Waals surface area contributed by atoms with Crippen LogP contribution in [0.2, 0.25) is 0 Å². The molecular weight excluding hydrogens is 560 g/mol. The number of Topliss-reactive ketones (excluding diaryl/α,β-unsaturated/α-hetero) is 1. The zero-order valence-electron chi connectivity index (χ0n) is 25.5. The zero-order chi connectivity index (χ0) is 31.2. The number of anilines is 4. The molecule has 2 saturated heterocycles. The summed E-state index contributed by atoms with van der Waals surface area (Å²) in [6.45, 7) is 2.94. The normalized spacial score (nSPS) is 17.2. The Labute approximate surface area is 257 Å². The summed E-state index contributed by atoms with van der Waals surface area (Å²) in [6.07, 6.45) is 3.86. The van der Waals surface area contributed by atoms with Gasteiger partial charge < -0.3 is 30.5 Å². The minimum atomic E-state index is -0.729. The molecule has 0 unspecified atom stereocenters. The molecule has 3 aromatic rings. The third-order valence-electron chi connectivity index (χ3n) is 8.38. The van der Waals surface area contributed by atoms with Crippen molar-refractivity contribution >= 4 is 40.7 Å². The van der Waals surface area contributed by atoms with Crippen molar-refractivity contribution in [1.29, 1.82) is 0 Å². The van der Waals surface area contributed by atoms with Crippen LogP contribution in [0.1, 0.15) is 53.0 Å². The van der Waals surface area contributed by atoms with Gasteiger partial charge in [-0.2, -0.15) is 4.98 Å². The van der Waals surface area contributed by atoms with Crippen LogP contribution < -0.4 is 25.6 Å². The molecule has 5 rings (SSSR count). The number of nitrogens with two attached hydrogens (primary N) is 1. The van der Waals surface area contributed by atoms with Crippen molar-refractivity contribution in [3.63, 3.8) is 0 Å². The van der Waals surface area contributed by atoms with Crippen molar-refractivity contribution in [2.24, 2.45) is 17.6 Å². The van der Waals surface area contributed by atoms with E-state index in [1.54, 1.807) is 50.4 Å². The molecule has 232 valence electrons. The fourth-order valence-electron chi connectivity index (χ4n) is 5.92. The van der Waals surface area contributed by atoms with Gasteiger partial charge in [-0.3, -0.25) is 14.4 Å². The second kappa shape index (κ2) is 13.7. The highest BCUT2D eigenvalue weighted by Gasteiger charge is 2.27. The second-order valence-corrected chi connectivity index (χ2v) is 11.6. The van der Waals surface area contributed by atoms with Crippen LogP contribution >= 0.6 is 0 Å². The van der Waals surface area contributed by atoms with Crippen LogP contribution in [0.4, 0.5) is 23.1 Å². The number of aromatic nitrogens is 3. The summed E-state index contributed by atoms with van der Waals surface area (Å²) in [5.74, 6) is 1.07. The number of nitrogens with one attached hydrogen (secondary N) is 1. The number of benzene rings is 2. The zero-order valence-corrected chi connectivity index (χ0v) is 25.5. The van der Waals surface area contributed by atoms with Gasteiger partial charge in [-0.15, -0.1) is 10.2 Å². The predicted octanol–water partition coefficient (Wildman–Crippen LogP) is 3.52. The van der Waals surface area contributed by atoms with E-state index < -0.39 is 5.91 Å². The summed E-state index contributed by atoms with van der Waals surface area (Å²) in [5, 5.41) is 11.5. The molecule has 1 aromatic heterocycles. The molecular formula is C32H40N8O4. The van der Waals surface area contributed by atoms with E-state index in [0.717, 1.165) is 56.7 Å². The van der Waals surface area contributed by atoms with Gasteiger partial charge in [0.25, 0.3) is 5.91 Å². The number of carbonyl (C=O) groups is 3. The molecule has 3 N–H and O–H groups in total. The van der Waals surface area contributed by atoms with Gasteiger partial charge in [-0.1, -0.05) is 0 Å². The van der Waals surface area contributed by atoms with Gasteiger partial charge in [0.2, 0.25) is 11.9 Å². The van der Waals surface area contributed by atoms with Crippen LogP contribution in [0.25, 0.3) is 0 Å². The summed E-state index contributed by atoms with van der Waals surface area (Å²) in [5.41, 5.74) is 8.00. The van der Waals surface area contributed by atoms with Gasteiger partial charge in [0, 0.05) is 69.6 Å². The van der Waals surface area contributed by atoms with Crippen molar-refractivity contribution in [3.05, 3.63) is 59.8 Å². The number of primary amides is 1. The Morgan fingerprint density at radius 2 is 1.66 bits per heavy atom. The third kappa shape index (κ3) is 7.24. The van der Waals surface area contributed by atoms with Crippen LogP contribution in [0, 0.1) is 11.8 Å². The quantitative estimate of drug-likeness (QED) is 0.331. The van der Waals surface area contributed by atoms with Gasteiger partial charge in [0.1, 0.15) is 5.75 Å². The first-order chi connectivity index (χ1) is 21.2. The Morgan fingerprint density at radius 1 is 0.955 bits per heavy atom. The molecule has 0 saturated carbocycles.